The van der Waals surface area contributed by atoms with Crippen molar-refractivity contribution in [3.05, 3.63) is 46.3 Å². The van der Waals surface area contributed by atoms with Gasteiger partial charge in [0.2, 0.25) is 0 Å². The molecule has 0 aliphatic heterocycles. The Morgan fingerprint density at radius 2 is 2.14 bits per heavy atom. The number of nitrogens with zero attached hydrogens (tertiary/aromatic N) is 5. The summed E-state index contributed by atoms with van der Waals surface area (Å²) in [6.07, 6.45) is 4.50. The molecule has 0 unspecified atom stereocenters. The second-order valence-electron chi connectivity index (χ2n) is 4.18. The van der Waals surface area contributed by atoms with E-state index in [1.54, 1.807) is 36.1 Å². The molecule has 6 nitrogen and oxygen atoms in total. The molecule has 21 heavy (non-hydrogen) atoms. The highest BCUT2D eigenvalue weighted by Crippen LogP contribution is 2.21. The molecular formula is C13H9Cl2N5O. The maximum Gasteiger partial charge on any atom is 0.262 e. The fourth-order valence-electron chi connectivity index (χ4n) is 1.75. The molecule has 0 amide bonds. The predicted molar refractivity (Wildman–Crippen MR) is 81.0 cm³/mol. The molecule has 0 bridgehead atoms. The smallest absolute Gasteiger partial charge is 0.262 e. The molecule has 0 N–H and O–H groups in total. The Morgan fingerprint density at radius 3 is 2.95 bits per heavy atom. The first-order valence-corrected chi connectivity index (χ1v) is 6.69. The molecule has 0 radical (unpaired) electrons. The third-order valence-corrected chi connectivity index (χ3v) is 3.35. The largest absolute Gasteiger partial charge is 0.336 e. The summed E-state index contributed by atoms with van der Waals surface area (Å²) in [6.45, 7) is 0. The molecule has 1 aromatic carbocycles. The summed E-state index contributed by atoms with van der Waals surface area (Å²) >= 11 is 11.9. The molecule has 2 aromatic heterocycles. The van der Waals surface area contributed by atoms with E-state index in [-0.39, 0.29) is 0 Å². The Balaban J connectivity index is 1.84. The van der Waals surface area contributed by atoms with Gasteiger partial charge in [-0.15, -0.1) is 0 Å². The highest BCUT2D eigenvalue weighted by molar-refractivity contribution is 6.36. The van der Waals surface area contributed by atoms with Crippen LogP contribution in [0.3, 0.4) is 0 Å². The van der Waals surface area contributed by atoms with Gasteiger partial charge in [0, 0.05) is 17.6 Å². The topological polar surface area (TPSA) is 65.2 Å². The Labute approximate surface area is 130 Å². The van der Waals surface area contributed by atoms with Crippen molar-refractivity contribution in [1.82, 2.24) is 19.7 Å². The number of rotatable bonds is 3. The van der Waals surface area contributed by atoms with E-state index in [0.29, 0.717) is 32.5 Å². The van der Waals surface area contributed by atoms with Crippen LogP contribution in [-0.4, -0.2) is 26.0 Å². The van der Waals surface area contributed by atoms with Crippen LogP contribution in [0.4, 0.5) is 0 Å². The monoisotopic (exact) mass is 321 g/mol. The molecule has 2 heterocycles. The number of hydrogen-bond donors (Lipinski definition) is 0. The van der Waals surface area contributed by atoms with Gasteiger partial charge in [-0.25, -0.2) is 4.98 Å². The number of hydrogen-bond acceptors (Lipinski definition) is 5. The number of fused-ring (bicyclic) bond motifs is 1. The van der Waals surface area contributed by atoms with Crippen molar-refractivity contribution < 1.29 is 4.84 Å². The van der Waals surface area contributed by atoms with Gasteiger partial charge in [0.05, 0.1) is 17.4 Å². The van der Waals surface area contributed by atoms with Crippen LogP contribution in [0.15, 0.2) is 35.9 Å². The van der Waals surface area contributed by atoms with Crippen LogP contribution in [0, 0.1) is 0 Å². The van der Waals surface area contributed by atoms with E-state index in [1.165, 1.54) is 12.5 Å². The Morgan fingerprint density at radius 1 is 1.29 bits per heavy atom. The third-order valence-electron chi connectivity index (χ3n) is 2.79. The lowest BCUT2D eigenvalue weighted by molar-refractivity contribution is 0.334. The molecule has 0 saturated carbocycles. The number of benzene rings is 1. The van der Waals surface area contributed by atoms with Crippen molar-refractivity contribution in [1.29, 1.82) is 0 Å². The second kappa shape index (κ2) is 5.67. The minimum absolute atomic E-state index is 0.328. The van der Waals surface area contributed by atoms with Gasteiger partial charge in [-0.05, 0) is 12.1 Å². The zero-order chi connectivity index (χ0) is 14.8. The first-order valence-electron chi connectivity index (χ1n) is 5.93. The lowest BCUT2D eigenvalue weighted by atomic mass is 10.2. The Hall–Kier alpha value is -2.18. The van der Waals surface area contributed by atoms with E-state index in [4.69, 9.17) is 28.0 Å². The number of oxime groups is 1. The maximum absolute atomic E-state index is 6.04. The van der Waals surface area contributed by atoms with Gasteiger partial charge in [0.15, 0.2) is 5.65 Å². The zero-order valence-corrected chi connectivity index (χ0v) is 12.4. The van der Waals surface area contributed by atoms with Crippen LogP contribution in [0.2, 0.25) is 10.0 Å². The summed E-state index contributed by atoms with van der Waals surface area (Å²) in [6, 6.07) is 5.10. The van der Waals surface area contributed by atoms with Gasteiger partial charge >= 0.3 is 0 Å². The number of halogens is 2. The second-order valence-corrected chi connectivity index (χ2v) is 5.02. The number of aryl methyl sites for hydroxylation is 1. The van der Waals surface area contributed by atoms with Crippen molar-refractivity contribution in [2.45, 2.75) is 0 Å². The molecule has 3 aromatic rings. The number of aromatic nitrogens is 4. The molecule has 0 fully saturated rings. The van der Waals surface area contributed by atoms with Crippen molar-refractivity contribution in [2.75, 3.05) is 0 Å². The highest BCUT2D eigenvalue weighted by Gasteiger charge is 2.08. The van der Waals surface area contributed by atoms with Gasteiger partial charge in [-0.3, -0.25) is 4.68 Å². The standard InChI is InChI=1S/C13H9Cl2N5O/c1-20-12-10(6-18-20)13(17-7-16-12)21-19-5-8-2-3-9(14)4-11(8)15/h2-7H,1H3. The minimum Gasteiger partial charge on any atom is -0.336 e. The van der Waals surface area contributed by atoms with Crippen molar-refractivity contribution in [3.63, 3.8) is 0 Å². The fourth-order valence-corrected chi connectivity index (χ4v) is 2.21. The average Bonchev–Trinajstić information content (AvgIpc) is 2.84. The Kier molecular flexibility index (Phi) is 3.72. The molecule has 0 saturated heterocycles. The molecule has 0 aliphatic rings. The highest BCUT2D eigenvalue weighted by atomic mass is 35.5. The fraction of sp³-hybridized carbons (Fsp3) is 0.0769. The van der Waals surface area contributed by atoms with E-state index in [1.807, 2.05) is 0 Å². The van der Waals surface area contributed by atoms with Gasteiger partial charge in [-0.1, -0.05) is 34.4 Å². The SMILES string of the molecule is Cn1ncc2c(ON=Cc3ccc(Cl)cc3Cl)ncnc21. The van der Waals surface area contributed by atoms with Crippen LogP contribution in [0.5, 0.6) is 5.88 Å². The lowest BCUT2D eigenvalue weighted by Crippen LogP contribution is -1.94. The normalized spacial score (nSPS) is 11.4. The molecule has 8 heteroatoms. The van der Waals surface area contributed by atoms with E-state index in [0.717, 1.165) is 0 Å². The summed E-state index contributed by atoms with van der Waals surface area (Å²) in [7, 11) is 1.79. The summed E-state index contributed by atoms with van der Waals surface area (Å²) in [5.74, 6) is 0.328. The molecule has 3 rings (SSSR count). The van der Waals surface area contributed by atoms with E-state index in [9.17, 15) is 0 Å². The van der Waals surface area contributed by atoms with Crippen LogP contribution in [-0.2, 0) is 7.05 Å². The summed E-state index contributed by atoms with van der Waals surface area (Å²) in [4.78, 5) is 13.4. The summed E-state index contributed by atoms with van der Waals surface area (Å²) in [5, 5.41) is 9.71. The molecule has 0 atom stereocenters. The van der Waals surface area contributed by atoms with Gasteiger partial charge in [-0.2, -0.15) is 10.1 Å². The van der Waals surface area contributed by atoms with Gasteiger partial charge in [0.1, 0.15) is 11.7 Å². The first-order chi connectivity index (χ1) is 10.1. The summed E-state index contributed by atoms with van der Waals surface area (Å²) in [5.41, 5.74) is 1.36. The van der Waals surface area contributed by atoms with Crippen molar-refractivity contribution in [2.24, 2.45) is 12.2 Å². The van der Waals surface area contributed by atoms with Crippen LogP contribution in [0.1, 0.15) is 5.56 Å². The minimum atomic E-state index is 0.328. The molecule has 106 valence electrons. The predicted octanol–water partition coefficient (Wildman–Crippen LogP) is 3.08. The van der Waals surface area contributed by atoms with Crippen molar-refractivity contribution in [3.8, 4) is 5.88 Å². The molecule has 0 spiro atoms. The van der Waals surface area contributed by atoms with Crippen LogP contribution < -0.4 is 4.84 Å². The Bertz CT molecular complexity index is 831. The molecule has 0 aliphatic carbocycles. The molecular weight excluding hydrogens is 313 g/mol. The van der Waals surface area contributed by atoms with Crippen LogP contribution in [0.25, 0.3) is 11.0 Å². The average molecular weight is 322 g/mol. The van der Waals surface area contributed by atoms with Gasteiger partial charge in [0.25, 0.3) is 5.88 Å². The quantitative estimate of drug-likeness (QED) is 0.549. The van der Waals surface area contributed by atoms with Crippen molar-refractivity contribution >= 4 is 40.4 Å². The summed E-state index contributed by atoms with van der Waals surface area (Å²) < 4.78 is 1.63. The third kappa shape index (κ3) is 2.81. The van der Waals surface area contributed by atoms with Crippen LogP contribution >= 0.6 is 23.2 Å². The van der Waals surface area contributed by atoms with Gasteiger partial charge < -0.3 is 4.84 Å². The lowest BCUT2D eigenvalue weighted by Gasteiger charge is -2.00. The maximum atomic E-state index is 6.04. The van der Waals surface area contributed by atoms with E-state index >= 15 is 0 Å². The zero-order valence-electron chi connectivity index (χ0n) is 10.9. The van der Waals surface area contributed by atoms with E-state index < -0.39 is 0 Å². The first kappa shape index (κ1) is 13.8. The van der Waals surface area contributed by atoms with E-state index in [2.05, 4.69) is 20.2 Å².